The van der Waals surface area contributed by atoms with Gasteiger partial charge in [0.05, 0.1) is 17.4 Å². The molecule has 0 fully saturated rings. The zero-order valence-corrected chi connectivity index (χ0v) is 19.1. The number of sulfonamides is 1. The summed E-state index contributed by atoms with van der Waals surface area (Å²) in [5.41, 5.74) is 3.09. The number of ether oxygens (including phenoxy) is 1. The summed E-state index contributed by atoms with van der Waals surface area (Å²) < 4.78 is 44.0. The van der Waals surface area contributed by atoms with Gasteiger partial charge in [0.2, 0.25) is 5.88 Å². The third-order valence-electron chi connectivity index (χ3n) is 4.72. The second-order valence-electron chi connectivity index (χ2n) is 7.17. The Morgan fingerprint density at radius 3 is 2.58 bits per heavy atom. The lowest BCUT2D eigenvalue weighted by Gasteiger charge is -2.10. The maximum atomic E-state index is 12.9. The molecule has 0 aliphatic carbocycles. The molecule has 0 aliphatic heterocycles. The van der Waals surface area contributed by atoms with Crippen LogP contribution in [0.1, 0.15) is 11.4 Å². The van der Waals surface area contributed by atoms with Crippen molar-refractivity contribution in [2.24, 2.45) is 0 Å². The Kier molecular flexibility index (Phi) is 5.23. The molecule has 0 saturated carbocycles. The highest BCUT2D eigenvalue weighted by atomic mass is 32.2. The minimum Gasteiger partial charge on any atom is -0.439 e. The largest absolute Gasteiger partial charge is 0.439 e. The fourth-order valence-corrected chi connectivity index (χ4v) is 5.11. The van der Waals surface area contributed by atoms with Crippen molar-refractivity contribution in [3.63, 3.8) is 0 Å². The SMILES string of the molecule is Cc1cc(C)n(-c2cc(Oc3ccc(NS(=O)(=O)c4cccc5nsnc45)cc3)ncn2)n1. The molecule has 12 heteroatoms. The van der Waals surface area contributed by atoms with Crippen LogP contribution in [0.5, 0.6) is 11.6 Å². The molecule has 0 amide bonds. The van der Waals surface area contributed by atoms with E-state index in [9.17, 15) is 8.42 Å². The number of fused-ring (bicyclic) bond motifs is 1. The van der Waals surface area contributed by atoms with Crippen LogP contribution in [0, 0.1) is 13.8 Å². The van der Waals surface area contributed by atoms with Crippen LogP contribution in [-0.4, -0.2) is 36.9 Å². The van der Waals surface area contributed by atoms with E-state index in [1.807, 2.05) is 19.9 Å². The summed E-state index contributed by atoms with van der Waals surface area (Å²) in [5.74, 6) is 1.41. The molecule has 0 saturated heterocycles. The first-order chi connectivity index (χ1) is 15.9. The Bertz CT molecular complexity index is 1560. The number of aryl methyl sites for hydroxylation is 2. The maximum Gasteiger partial charge on any atom is 0.264 e. The van der Waals surface area contributed by atoms with Crippen LogP contribution in [0.25, 0.3) is 16.9 Å². The van der Waals surface area contributed by atoms with Crippen LogP contribution in [0.3, 0.4) is 0 Å². The van der Waals surface area contributed by atoms with Crippen LogP contribution < -0.4 is 9.46 Å². The average Bonchev–Trinajstić information content (AvgIpc) is 3.40. The van der Waals surface area contributed by atoms with Crippen molar-refractivity contribution in [2.75, 3.05) is 4.72 Å². The highest BCUT2D eigenvalue weighted by Crippen LogP contribution is 2.26. The lowest BCUT2D eigenvalue weighted by molar-refractivity contribution is 0.460. The molecule has 10 nitrogen and oxygen atoms in total. The number of hydrogen-bond donors (Lipinski definition) is 1. The molecule has 166 valence electrons. The average molecular weight is 480 g/mol. The van der Waals surface area contributed by atoms with Crippen LogP contribution >= 0.6 is 11.7 Å². The third-order valence-corrected chi connectivity index (χ3v) is 6.68. The minimum absolute atomic E-state index is 0.0757. The quantitative estimate of drug-likeness (QED) is 0.389. The van der Waals surface area contributed by atoms with E-state index < -0.39 is 10.0 Å². The third kappa shape index (κ3) is 4.25. The fraction of sp³-hybridized carbons (Fsp3) is 0.0952. The summed E-state index contributed by atoms with van der Waals surface area (Å²) in [6, 6.07) is 15.0. The Labute approximate surface area is 193 Å². The topological polar surface area (TPSA) is 125 Å². The molecular weight excluding hydrogens is 462 g/mol. The first-order valence-corrected chi connectivity index (χ1v) is 12.0. The highest BCUT2D eigenvalue weighted by Gasteiger charge is 2.19. The number of anilines is 1. The number of benzene rings is 2. The second kappa shape index (κ2) is 8.22. The summed E-state index contributed by atoms with van der Waals surface area (Å²) in [4.78, 5) is 8.47. The molecule has 3 heterocycles. The predicted octanol–water partition coefficient (Wildman–Crippen LogP) is 3.88. The maximum absolute atomic E-state index is 12.9. The van der Waals surface area contributed by atoms with Crippen molar-refractivity contribution >= 4 is 38.5 Å². The molecule has 33 heavy (non-hydrogen) atoms. The molecule has 2 aromatic carbocycles. The van der Waals surface area contributed by atoms with Crippen molar-refractivity contribution in [3.8, 4) is 17.4 Å². The molecular formula is C21H17N7O3S2. The number of rotatable bonds is 6. The van der Waals surface area contributed by atoms with Gasteiger partial charge in [-0.2, -0.15) is 13.8 Å². The first-order valence-electron chi connectivity index (χ1n) is 9.77. The highest BCUT2D eigenvalue weighted by molar-refractivity contribution is 7.93. The summed E-state index contributed by atoms with van der Waals surface area (Å²) in [6.07, 6.45) is 1.40. The van der Waals surface area contributed by atoms with E-state index in [2.05, 4.69) is 28.5 Å². The normalized spacial score (nSPS) is 11.6. The summed E-state index contributed by atoms with van der Waals surface area (Å²) >= 11 is 0.969. The molecule has 0 aliphatic rings. The Morgan fingerprint density at radius 2 is 1.82 bits per heavy atom. The predicted molar refractivity (Wildman–Crippen MR) is 123 cm³/mol. The van der Waals surface area contributed by atoms with Gasteiger partial charge in [0.1, 0.15) is 28.0 Å². The van der Waals surface area contributed by atoms with Crippen LogP contribution in [0.4, 0.5) is 5.69 Å². The van der Waals surface area contributed by atoms with Gasteiger partial charge in [0.25, 0.3) is 10.0 Å². The molecule has 0 spiro atoms. The van der Waals surface area contributed by atoms with E-state index in [1.165, 1.54) is 12.4 Å². The van der Waals surface area contributed by atoms with E-state index in [1.54, 1.807) is 47.1 Å². The van der Waals surface area contributed by atoms with Gasteiger partial charge in [-0.05, 0) is 56.3 Å². The number of aromatic nitrogens is 6. The van der Waals surface area contributed by atoms with E-state index in [0.29, 0.717) is 34.2 Å². The molecule has 5 rings (SSSR count). The number of nitrogens with zero attached hydrogens (tertiary/aromatic N) is 6. The molecule has 0 atom stereocenters. The van der Waals surface area contributed by atoms with Gasteiger partial charge in [-0.1, -0.05) is 6.07 Å². The number of nitrogens with one attached hydrogen (secondary N) is 1. The van der Waals surface area contributed by atoms with Crippen LogP contribution in [-0.2, 0) is 10.0 Å². The standard InChI is InChI=1S/C21H17N7O3S2/c1-13-10-14(2)28(24-13)19-11-20(23-12-22-19)31-16-8-6-15(7-9-16)27-33(29,30)18-5-3-4-17-21(18)26-32-25-17/h3-12,27H,1-2H3. The molecule has 1 N–H and O–H groups in total. The summed E-state index contributed by atoms with van der Waals surface area (Å²) in [7, 11) is -3.84. The Morgan fingerprint density at radius 1 is 1.00 bits per heavy atom. The minimum atomic E-state index is -3.84. The van der Waals surface area contributed by atoms with Crippen molar-refractivity contribution in [1.29, 1.82) is 0 Å². The van der Waals surface area contributed by atoms with Gasteiger partial charge in [0, 0.05) is 17.4 Å². The number of hydrogen-bond acceptors (Lipinski definition) is 9. The van der Waals surface area contributed by atoms with E-state index in [-0.39, 0.29) is 4.90 Å². The lowest BCUT2D eigenvalue weighted by Crippen LogP contribution is -2.13. The van der Waals surface area contributed by atoms with Crippen molar-refractivity contribution in [3.05, 3.63) is 72.3 Å². The van der Waals surface area contributed by atoms with Gasteiger partial charge in [-0.25, -0.2) is 23.1 Å². The molecule has 0 radical (unpaired) electrons. The Hall–Kier alpha value is -3.90. The smallest absolute Gasteiger partial charge is 0.264 e. The zero-order chi connectivity index (χ0) is 23.0. The van der Waals surface area contributed by atoms with Crippen molar-refractivity contribution in [2.45, 2.75) is 18.7 Å². The summed E-state index contributed by atoms with van der Waals surface area (Å²) in [6.45, 7) is 3.85. The van der Waals surface area contributed by atoms with Gasteiger partial charge < -0.3 is 4.74 Å². The molecule has 0 bridgehead atoms. The van der Waals surface area contributed by atoms with Crippen LogP contribution in [0.15, 0.2) is 65.8 Å². The monoisotopic (exact) mass is 479 g/mol. The van der Waals surface area contributed by atoms with E-state index in [4.69, 9.17) is 4.74 Å². The van der Waals surface area contributed by atoms with E-state index in [0.717, 1.165) is 23.1 Å². The molecule has 0 unspecified atom stereocenters. The van der Waals surface area contributed by atoms with Gasteiger partial charge >= 0.3 is 0 Å². The van der Waals surface area contributed by atoms with Gasteiger partial charge in [-0.15, -0.1) is 0 Å². The lowest BCUT2D eigenvalue weighted by atomic mass is 10.3. The van der Waals surface area contributed by atoms with Crippen molar-refractivity contribution in [1.82, 2.24) is 28.5 Å². The van der Waals surface area contributed by atoms with Gasteiger partial charge in [0.15, 0.2) is 5.82 Å². The second-order valence-corrected chi connectivity index (χ2v) is 9.35. The molecule has 5 aromatic rings. The van der Waals surface area contributed by atoms with Gasteiger partial charge in [-0.3, -0.25) is 4.72 Å². The zero-order valence-electron chi connectivity index (χ0n) is 17.5. The fourth-order valence-electron chi connectivity index (χ4n) is 3.28. The van der Waals surface area contributed by atoms with E-state index >= 15 is 0 Å². The summed E-state index contributed by atoms with van der Waals surface area (Å²) in [5, 5.41) is 4.41. The molecule has 3 aromatic heterocycles. The first kappa shape index (κ1) is 21.0. The van der Waals surface area contributed by atoms with Crippen molar-refractivity contribution < 1.29 is 13.2 Å². The Balaban J connectivity index is 1.34. The van der Waals surface area contributed by atoms with Crippen LogP contribution in [0.2, 0.25) is 0 Å².